The third-order valence-electron chi connectivity index (χ3n) is 5.82. The fourth-order valence-electron chi connectivity index (χ4n) is 4.11. The second-order valence-corrected chi connectivity index (χ2v) is 9.34. The monoisotopic (exact) mass is 542 g/mol. The van der Waals surface area contributed by atoms with Gasteiger partial charge in [-0.25, -0.2) is 9.37 Å². The van der Waals surface area contributed by atoms with Gasteiger partial charge in [-0.1, -0.05) is 42.8 Å². The fourth-order valence-corrected chi connectivity index (χ4v) is 4.44. The van der Waals surface area contributed by atoms with Gasteiger partial charge in [0.25, 0.3) is 0 Å². The van der Waals surface area contributed by atoms with Crippen molar-refractivity contribution < 1.29 is 14.0 Å². The fraction of sp³-hybridized carbons (Fsp3) is 0.407. The van der Waals surface area contributed by atoms with Crippen molar-refractivity contribution in [1.82, 2.24) is 14.5 Å². The number of nitrogens with zero attached hydrogens (tertiary/aromatic N) is 4. The molecule has 0 saturated carbocycles. The van der Waals surface area contributed by atoms with Gasteiger partial charge in [0.2, 0.25) is 5.91 Å². The Hall–Kier alpha value is -2.87. The first-order valence-corrected chi connectivity index (χ1v) is 12.9. The predicted molar refractivity (Wildman–Crippen MR) is 139 cm³/mol. The maximum Gasteiger partial charge on any atom is 0.227 e. The van der Waals surface area contributed by atoms with Crippen LogP contribution >= 0.6 is 15.9 Å². The number of pyridine rings is 1. The Bertz CT molecular complexity index is 1160. The van der Waals surface area contributed by atoms with Crippen LogP contribution in [-0.4, -0.2) is 32.8 Å². The number of rotatable bonds is 12. The standard InChI is InChI=1S/C27H32BrFN4O2/c1-4-8-25-31-23(6-3)27(33(25)18-19-11-12-20(28)16-22(19)29)24(34)13-15-32(26(35)9-5-2)21-10-7-14-30-17-21/h7,10-12,14,16-17H,4-6,8-9,13,15,18H2,1-3H3. The highest BCUT2D eigenvalue weighted by atomic mass is 79.9. The number of carbonyl (C=O) groups is 2. The van der Waals surface area contributed by atoms with Crippen LogP contribution in [0.4, 0.5) is 10.1 Å². The topological polar surface area (TPSA) is 68.1 Å². The Morgan fingerprint density at radius 1 is 1.11 bits per heavy atom. The van der Waals surface area contributed by atoms with Crippen LogP contribution in [0.15, 0.2) is 47.2 Å². The average molecular weight is 543 g/mol. The van der Waals surface area contributed by atoms with Gasteiger partial charge in [-0.05, 0) is 43.5 Å². The number of benzene rings is 1. The Morgan fingerprint density at radius 3 is 2.54 bits per heavy atom. The van der Waals surface area contributed by atoms with Crippen molar-refractivity contribution in [3.05, 3.63) is 75.8 Å². The van der Waals surface area contributed by atoms with Crippen molar-refractivity contribution in [2.24, 2.45) is 0 Å². The van der Waals surface area contributed by atoms with Gasteiger partial charge in [0, 0.05) is 42.0 Å². The van der Waals surface area contributed by atoms with Gasteiger partial charge in [0.1, 0.15) is 17.3 Å². The Labute approximate surface area is 214 Å². The number of hydrogen-bond acceptors (Lipinski definition) is 4. The maximum absolute atomic E-state index is 14.7. The number of hydrogen-bond donors (Lipinski definition) is 0. The number of carbonyl (C=O) groups excluding carboxylic acids is 2. The number of aryl methyl sites for hydroxylation is 2. The normalized spacial score (nSPS) is 11.0. The minimum atomic E-state index is -0.333. The third-order valence-corrected chi connectivity index (χ3v) is 6.31. The molecule has 0 spiro atoms. The van der Waals surface area contributed by atoms with E-state index in [9.17, 15) is 14.0 Å². The Morgan fingerprint density at radius 2 is 1.91 bits per heavy atom. The van der Waals surface area contributed by atoms with Crippen LogP contribution in [-0.2, 0) is 24.2 Å². The minimum absolute atomic E-state index is 0.0406. The molecule has 8 heteroatoms. The first kappa shape index (κ1) is 26.7. The van der Waals surface area contributed by atoms with E-state index in [1.165, 1.54) is 6.07 Å². The van der Waals surface area contributed by atoms with E-state index in [0.717, 1.165) is 18.7 Å². The minimum Gasteiger partial charge on any atom is -0.321 e. The quantitative estimate of drug-likeness (QED) is 0.257. The average Bonchev–Trinajstić information content (AvgIpc) is 3.19. The number of aromatic nitrogens is 3. The van der Waals surface area contributed by atoms with Gasteiger partial charge >= 0.3 is 0 Å². The number of anilines is 1. The molecule has 0 radical (unpaired) electrons. The summed E-state index contributed by atoms with van der Waals surface area (Å²) in [6.45, 7) is 6.44. The number of imidazole rings is 1. The van der Waals surface area contributed by atoms with Crippen LogP contribution in [0.2, 0.25) is 0 Å². The van der Waals surface area contributed by atoms with Crippen molar-refractivity contribution >= 4 is 33.3 Å². The largest absolute Gasteiger partial charge is 0.321 e. The van der Waals surface area contributed by atoms with Gasteiger partial charge in [0.15, 0.2) is 5.78 Å². The molecule has 0 unspecified atom stereocenters. The molecule has 186 valence electrons. The summed E-state index contributed by atoms with van der Waals surface area (Å²) in [5, 5.41) is 0. The van der Waals surface area contributed by atoms with E-state index >= 15 is 0 Å². The summed E-state index contributed by atoms with van der Waals surface area (Å²) in [6.07, 6.45) is 6.67. The van der Waals surface area contributed by atoms with Crippen LogP contribution in [0.1, 0.15) is 74.0 Å². The van der Waals surface area contributed by atoms with Crippen LogP contribution in [0.25, 0.3) is 0 Å². The molecule has 1 aromatic carbocycles. The van der Waals surface area contributed by atoms with Crippen molar-refractivity contribution in [1.29, 1.82) is 0 Å². The predicted octanol–water partition coefficient (Wildman–Crippen LogP) is 6.15. The van der Waals surface area contributed by atoms with Crippen molar-refractivity contribution in [2.75, 3.05) is 11.4 Å². The molecule has 0 fully saturated rings. The second-order valence-electron chi connectivity index (χ2n) is 8.43. The van der Waals surface area contributed by atoms with Gasteiger partial charge < -0.3 is 9.47 Å². The van der Waals surface area contributed by atoms with Gasteiger partial charge in [-0.2, -0.15) is 0 Å². The van der Waals surface area contributed by atoms with Gasteiger partial charge in [0.05, 0.1) is 24.1 Å². The van der Waals surface area contributed by atoms with Gasteiger partial charge in [-0.3, -0.25) is 14.6 Å². The molecule has 2 aromatic heterocycles. The summed E-state index contributed by atoms with van der Waals surface area (Å²) in [7, 11) is 0. The van der Waals surface area contributed by atoms with Crippen LogP contribution in [0.3, 0.4) is 0 Å². The first-order chi connectivity index (χ1) is 16.9. The zero-order chi connectivity index (χ0) is 25.4. The molecular formula is C27H32BrFN4O2. The van der Waals surface area contributed by atoms with E-state index in [4.69, 9.17) is 4.98 Å². The van der Waals surface area contributed by atoms with E-state index in [0.29, 0.717) is 46.4 Å². The van der Waals surface area contributed by atoms with E-state index in [1.807, 2.05) is 24.5 Å². The summed E-state index contributed by atoms with van der Waals surface area (Å²) in [5.41, 5.74) is 2.39. The number of Topliss-reactive ketones (excluding diaryl/α,β-unsaturated/α-hetero) is 1. The first-order valence-electron chi connectivity index (χ1n) is 12.1. The molecule has 3 aromatic rings. The number of amides is 1. The third kappa shape index (κ3) is 6.63. The molecule has 2 heterocycles. The molecule has 1 amide bonds. The van der Waals surface area contributed by atoms with E-state index in [1.54, 1.807) is 35.5 Å². The van der Waals surface area contributed by atoms with E-state index in [2.05, 4.69) is 27.8 Å². The summed E-state index contributed by atoms with van der Waals surface area (Å²) in [6, 6.07) is 8.55. The molecular weight excluding hydrogens is 511 g/mol. The highest BCUT2D eigenvalue weighted by molar-refractivity contribution is 9.10. The molecule has 0 N–H and O–H groups in total. The van der Waals surface area contributed by atoms with E-state index < -0.39 is 0 Å². The molecule has 0 saturated heterocycles. The smallest absolute Gasteiger partial charge is 0.227 e. The van der Waals surface area contributed by atoms with Crippen molar-refractivity contribution in [3.63, 3.8) is 0 Å². The lowest BCUT2D eigenvalue weighted by Crippen LogP contribution is -2.33. The SMILES string of the molecule is CCCC(=O)N(CCC(=O)c1c(CC)nc(CCC)n1Cc1ccc(Br)cc1F)c1cccnc1. The summed E-state index contributed by atoms with van der Waals surface area (Å²) >= 11 is 3.30. The molecule has 0 atom stereocenters. The molecule has 0 bridgehead atoms. The Kier molecular flexibility index (Phi) is 9.72. The van der Waals surface area contributed by atoms with Crippen LogP contribution in [0, 0.1) is 5.82 Å². The summed E-state index contributed by atoms with van der Waals surface area (Å²) in [4.78, 5) is 36.9. The van der Waals surface area contributed by atoms with Crippen LogP contribution < -0.4 is 4.90 Å². The molecule has 0 aliphatic rings. The summed E-state index contributed by atoms with van der Waals surface area (Å²) in [5.74, 6) is 0.301. The maximum atomic E-state index is 14.7. The highest BCUT2D eigenvalue weighted by Crippen LogP contribution is 2.23. The lowest BCUT2D eigenvalue weighted by molar-refractivity contribution is -0.118. The molecule has 0 aliphatic heterocycles. The van der Waals surface area contributed by atoms with Crippen molar-refractivity contribution in [3.8, 4) is 0 Å². The lowest BCUT2D eigenvalue weighted by atomic mass is 10.1. The van der Waals surface area contributed by atoms with Crippen molar-refractivity contribution in [2.45, 2.75) is 65.8 Å². The van der Waals surface area contributed by atoms with Crippen LogP contribution in [0.5, 0.6) is 0 Å². The van der Waals surface area contributed by atoms with Gasteiger partial charge in [-0.15, -0.1) is 0 Å². The lowest BCUT2D eigenvalue weighted by Gasteiger charge is -2.22. The zero-order valence-electron chi connectivity index (χ0n) is 20.6. The van der Waals surface area contributed by atoms with E-state index in [-0.39, 0.29) is 37.0 Å². The number of halogens is 2. The molecule has 0 aliphatic carbocycles. The summed E-state index contributed by atoms with van der Waals surface area (Å²) < 4.78 is 17.2. The molecule has 3 rings (SSSR count). The Balaban J connectivity index is 1.93. The molecule has 6 nitrogen and oxygen atoms in total. The zero-order valence-corrected chi connectivity index (χ0v) is 22.1. The molecule has 35 heavy (non-hydrogen) atoms. The highest BCUT2D eigenvalue weighted by Gasteiger charge is 2.24. The second kappa shape index (κ2) is 12.7. The number of ketones is 1.